The zero-order valence-electron chi connectivity index (χ0n) is 60.0. The van der Waals surface area contributed by atoms with Crippen LogP contribution in [0.1, 0.15) is 350 Å². The standard InChI is InChI=1S/C13H24O2.C12H22O2.2C12H24O2.C11H22O2.C10H20O2/c1-5-12(3,4)11(14)15-13(6-2)9-7-8-10-13;1-5-11(2,3)10(13)14-12(4)8-6-7-9-12;1-7-9-12(5,6)14-10(13)11(3,4)8-2;1-7-11(4,5)10(13)14-12(6,8-2)9-3;1-7-10(3,4)9(12)13-11(5,6)8-2;1-7-10(5,6)8(11)12-9(2,3)4/h5-10H2,1-4H3;5-9H2,1-4H3;2*7-9H2,1-6H3;7-8H2,1-6H3;7H2,1-6H3. The first-order valence-corrected chi connectivity index (χ1v) is 32.3. The maximum absolute atomic E-state index is 12.0. The molecule has 0 saturated heterocycles. The fraction of sp³-hybridized carbons (Fsp3) is 0.914. The maximum Gasteiger partial charge on any atom is 0.312 e. The normalized spacial score (nSPS) is 15.5. The highest BCUT2D eigenvalue weighted by molar-refractivity contribution is 5.78. The number of esters is 6. The molecule has 2 saturated carbocycles. The molecular weight excluding hydrogens is 1030 g/mol. The predicted octanol–water partition coefficient (Wildman–Crippen LogP) is 20.0. The van der Waals surface area contributed by atoms with Gasteiger partial charge in [0.2, 0.25) is 0 Å². The lowest BCUT2D eigenvalue weighted by molar-refractivity contribution is -0.171. The van der Waals surface area contributed by atoms with Crippen LogP contribution in [-0.2, 0) is 57.2 Å². The molecule has 12 heteroatoms. The summed E-state index contributed by atoms with van der Waals surface area (Å²) < 4.78 is 33.1. The second-order valence-corrected chi connectivity index (χ2v) is 30.1. The van der Waals surface area contributed by atoms with Crippen LogP contribution in [0.2, 0.25) is 0 Å². The fourth-order valence-electron chi connectivity index (χ4n) is 7.01. The molecule has 0 aromatic rings. The quantitative estimate of drug-likeness (QED) is 0.0705. The number of ether oxygens (including phenoxy) is 6. The molecule has 0 aromatic carbocycles. The molecule has 0 radical (unpaired) electrons. The van der Waals surface area contributed by atoms with Crippen LogP contribution in [0.5, 0.6) is 0 Å². The largest absolute Gasteiger partial charge is 0.460 e. The van der Waals surface area contributed by atoms with E-state index in [2.05, 4.69) is 34.6 Å². The summed E-state index contributed by atoms with van der Waals surface area (Å²) in [6, 6.07) is 0. The summed E-state index contributed by atoms with van der Waals surface area (Å²) in [5.74, 6) is -0.429. The molecule has 2 rings (SSSR count). The third-order valence-electron chi connectivity index (χ3n) is 17.8. The van der Waals surface area contributed by atoms with Crippen molar-refractivity contribution in [1.82, 2.24) is 0 Å². The van der Waals surface area contributed by atoms with E-state index in [1.165, 1.54) is 25.7 Å². The van der Waals surface area contributed by atoms with E-state index in [-0.39, 0.29) is 102 Å². The van der Waals surface area contributed by atoms with Gasteiger partial charge >= 0.3 is 35.8 Å². The van der Waals surface area contributed by atoms with Crippen molar-refractivity contribution in [3.63, 3.8) is 0 Å². The number of rotatable bonds is 23. The first-order valence-electron chi connectivity index (χ1n) is 32.3. The Morgan fingerprint density at radius 1 is 0.329 bits per heavy atom. The van der Waals surface area contributed by atoms with Crippen LogP contribution >= 0.6 is 0 Å². The topological polar surface area (TPSA) is 158 Å². The van der Waals surface area contributed by atoms with Gasteiger partial charge in [-0.3, -0.25) is 28.8 Å². The molecule has 82 heavy (non-hydrogen) atoms. The van der Waals surface area contributed by atoms with Crippen LogP contribution < -0.4 is 0 Å². The minimum atomic E-state index is -0.372. The molecule has 0 spiro atoms. The highest BCUT2D eigenvalue weighted by atomic mass is 16.6. The van der Waals surface area contributed by atoms with E-state index in [4.69, 9.17) is 28.4 Å². The Hall–Kier alpha value is -3.18. The van der Waals surface area contributed by atoms with E-state index in [0.29, 0.717) is 0 Å². The third-order valence-corrected chi connectivity index (χ3v) is 17.8. The van der Waals surface area contributed by atoms with Gasteiger partial charge in [0, 0.05) is 0 Å². The first-order chi connectivity index (χ1) is 36.8. The van der Waals surface area contributed by atoms with Gasteiger partial charge in [0.15, 0.2) is 0 Å². The van der Waals surface area contributed by atoms with E-state index < -0.39 is 0 Å². The van der Waals surface area contributed by atoms with Gasteiger partial charge in [-0.05, 0) is 267 Å². The van der Waals surface area contributed by atoms with Crippen molar-refractivity contribution in [1.29, 1.82) is 0 Å². The molecule has 0 heterocycles. The molecular formula is C70H136O12. The van der Waals surface area contributed by atoms with Crippen molar-refractivity contribution in [3.8, 4) is 0 Å². The van der Waals surface area contributed by atoms with Gasteiger partial charge in [-0.1, -0.05) is 82.6 Å². The summed E-state index contributed by atoms with van der Waals surface area (Å²) in [6.45, 7) is 63.2. The molecule has 12 nitrogen and oxygen atoms in total. The van der Waals surface area contributed by atoms with E-state index in [9.17, 15) is 28.8 Å². The fourth-order valence-corrected chi connectivity index (χ4v) is 7.01. The SMILES string of the molecule is CCC(C)(C)C(=O)OC(C)(C)C.CCC(C)(C)C(=O)OC1(C)CCCC1.CCC(C)(C)OC(=O)C(C)(C)CC.CCC(C)(CC)OC(=O)C(C)(C)CC.CCC1(OC(=O)C(C)(C)CC)CCCC1.CCCC(C)(C)OC(=O)C(C)(C)CC. The van der Waals surface area contributed by atoms with Crippen molar-refractivity contribution in [2.24, 2.45) is 32.5 Å². The summed E-state index contributed by atoms with van der Waals surface area (Å²) >= 11 is 0. The number of carbonyl (C=O) groups excluding carboxylic acids is 6. The molecule has 0 unspecified atom stereocenters. The van der Waals surface area contributed by atoms with Crippen LogP contribution in [-0.4, -0.2) is 69.4 Å². The zero-order valence-corrected chi connectivity index (χ0v) is 60.0. The van der Waals surface area contributed by atoms with E-state index in [1.54, 1.807) is 0 Å². The number of hydrogen-bond acceptors (Lipinski definition) is 12. The molecule has 0 aliphatic heterocycles. The summed E-state index contributed by atoms with van der Waals surface area (Å²) in [6.07, 6.45) is 19.4. The lowest BCUT2D eigenvalue weighted by Crippen LogP contribution is -2.37. The Kier molecular flexibility index (Phi) is 37.5. The van der Waals surface area contributed by atoms with Gasteiger partial charge in [0.25, 0.3) is 0 Å². The van der Waals surface area contributed by atoms with Crippen molar-refractivity contribution in [3.05, 3.63) is 0 Å². The summed E-state index contributed by atoms with van der Waals surface area (Å²) in [5.41, 5.74) is -3.70. The van der Waals surface area contributed by atoms with Crippen LogP contribution in [0.4, 0.5) is 0 Å². The zero-order chi connectivity index (χ0) is 65.8. The molecule has 0 atom stereocenters. The van der Waals surface area contributed by atoms with E-state index >= 15 is 0 Å². The third kappa shape index (κ3) is 33.5. The highest BCUT2D eigenvalue weighted by Gasteiger charge is 2.41. The molecule has 0 aromatic heterocycles. The van der Waals surface area contributed by atoms with Crippen molar-refractivity contribution < 1.29 is 57.2 Å². The minimum Gasteiger partial charge on any atom is -0.460 e. The van der Waals surface area contributed by atoms with Gasteiger partial charge < -0.3 is 28.4 Å². The molecule has 0 bridgehead atoms. The number of hydrogen-bond donors (Lipinski definition) is 0. The Morgan fingerprint density at radius 2 is 0.610 bits per heavy atom. The average molecular weight is 1170 g/mol. The van der Waals surface area contributed by atoms with Gasteiger partial charge in [-0.2, -0.15) is 0 Å². The Bertz CT molecular complexity index is 1830. The van der Waals surface area contributed by atoms with Crippen molar-refractivity contribution >= 4 is 35.8 Å². The van der Waals surface area contributed by atoms with Gasteiger partial charge in [-0.25, -0.2) is 0 Å². The van der Waals surface area contributed by atoms with E-state index in [0.717, 1.165) is 103 Å². The van der Waals surface area contributed by atoms with Crippen LogP contribution in [0.3, 0.4) is 0 Å². The monoisotopic (exact) mass is 1170 g/mol. The van der Waals surface area contributed by atoms with Gasteiger partial charge in [0.05, 0.1) is 32.5 Å². The first kappa shape index (κ1) is 85.3. The van der Waals surface area contributed by atoms with Crippen molar-refractivity contribution in [2.45, 2.75) is 384 Å². The van der Waals surface area contributed by atoms with Crippen LogP contribution in [0, 0.1) is 32.5 Å². The Morgan fingerprint density at radius 3 is 0.890 bits per heavy atom. The van der Waals surface area contributed by atoms with Crippen LogP contribution in [0.15, 0.2) is 0 Å². The lowest BCUT2D eigenvalue weighted by Gasteiger charge is -2.32. The Labute approximate surface area is 507 Å². The molecule has 2 aliphatic carbocycles. The maximum atomic E-state index is 12.0. The van der Waals surface area contributed by atoms with Crippen molar-refractivity contribution in [2.75, 3.05) is 0 Å². The molecule has 0 N–H and O–H groups in total. The molecule has 2 fully saturated rings. The molecule has 488 valence electrons. The second kappa shape index (κ2) is 36.1. The molecule has 0 amide bonds. The predicted molar refractivity (Wildman–Crippen MR) is 341 cm³/mol. The molecule has 2 aliphatic rings. The highest BCUT2D eigenvalue weighted by Crippen LogP contribution is 2.39. The minimum absolute atomic E-state index is 0.0197. The lowest BCUT2D eigenvalue weighted by atomic mass is 9.89. The summed E-state index contributed by atoms with van der Waals surface area (Å²) in [5, 5.41) is 0. The van der Waals surface area contributed by atoms with Gasteiger partial charge in [-0.15, -0.1) is 0 Å². The number of carbonyl (C=O) groups is 6. The van der Waals surface area contributed by atoms with Gasteiger partial charge in [0.1, 0.15) is 33.6 Å². The van der Waals surface area contributed by atoms with Crippen LogP contribution in [0.25, 0.3) is 0 Å². The summed E-state index contributed by atoms with van der Waals surface area (Å²) in [7, 11) is 0. The Balaban J connectivity index is -0.000000446. The average Bonchev–Trinajstić information content (AvgIpc) is 4.05. The smallest absolute Gasteiger partial charge is 0.312 e. The van der Waals surface area contributed by atoms with E-state index in [1.807, 2.05) is 187 Å². The second-order valence-electron chi connectivity index (χ2n) is 30.1. The summed E-state index contributed by atoms with van der Waals surface area (Å²) in [4.78, 5) is 70.5.